The summed E-state index contributed by atoms with van der Waals surface area (Å²) in [5, 5.41) is 5.09. The van der Waals surface area contributed by atoms with E-state index in [1.165, 1.54) is 4.31 Å². The Bertz CT molecular complexity index is 1200. The Hall–Kier alpha value is -2.90. The van der Waals surface area contributed by atoms with Gasteiger partial charge in [-0.15, -0.1) is 0 Å². The third-order valence-corrected chi connectivity index (χ3v) is 7.50. The minimum atomic E-state index is -3.52. The number of anilines is 1. The monoisotopic (exact) mass is 438 g/mol. The summed E-state index contributed by atoms with van der Waals surface area (Å²) in [4.78, 5) is 12.8. The highest BCUT2D eigenvalue weighted by atomic mass is 32.2. The quantitative estimate of drug-likeness (QED) is 0.600. The highest BCUT2D eigenvalue weighted by Gasteiger charge is 2.27. The number of nitrogens with zero attached hydrogens (tertiary/aromatic N) is 1. The number of methoxy groups -OCH3 is 1. The molecular weight excluding hydrogens is 412 g/mol. The zero-order valence-corrected chi connectivity index (χ0v) is 18.3. The fraction of sp³-hybridized carbons (Fsp3) is 0.292. The van der Waals surface area contributed by atoms with Crippen molar-refractivity contribution in [1.82, 2.24) is 4.31 Å². The first-order chi connectivity index (χ1) is 15.0. The standard InChI is InChI=1S/C24H26N2O4S/c1-30-23-12-11-22(31(28,29)26-14-4-5-15-26)17-20(23)9-13-24(27)25-21-10-8-18-6-2-3-7-19(18)16-21/h2-3,6-8,10-12,16-17H,4-5,9,13-15H2,1H3,(H,25,27). The van der Waals surface area contributed by atoms with Crippen LogP contribution in [0.3, 0.4) is 0 Å². The number of hydrogen-bond acceptors (Lipinski definition) is 4. The molecular formula is C24H26N2O4S. The maximum absolute atomic E-state index is 12.9. The largest absolute Gasteiger partial charge is 0.496 e. The zero-order chi connectivity index (χ0) is 21.8. The van der Waals surface area contributed by atoms with Gasteiger partial charge in [0.2, 0.25) is 15.9 Å². The molecule has 1 aliphatic heterocycles. The van der Waals surface area contributed by atoms with Crippen molar-refractivity contribution in [2.24, 2.45) is 0 Å². The first kappa shape index (κ1) is 21.3. The minimum absolute atomic E-state index is 0.134. The van der Waals surface area contributed by atoms with Crippen molar-refractivity contribution >= 4 is 32.4 Å². The van der Waals surface area contributed by atoms with Gasteiger partial charge in [-0.25, -0.2) is 8.42 Å². The Morgan fingerprint density at radius 3 is 2.48 bits per heavy atom. The summed E-state index contributed by atoms with van der Waals surface area (Å²) >= 11 is 0. The van der Waals surface area contributed by atoms with E-state index in [2.05, 4.69) is 5.32 Å². The number of sulfonamides is 1. The van der Waals surface area contributed by atoms with E-state index in [1.807, 2.05) is 42.5 Å². The van der Waals surface area contributed by atoms with Gasteiger partial charge in [0.15, 0.2) is 0 Å². The lowest BCUT2D eigenvalue weighted by molar-refractivity contribution is -0.116. The number of benzene rings is 3. The van der Waals surface area contributed by atoms with Crippen molar-refractivity contribution in [3.8, 4) is 5.75 Å². The number of rotatable bonds is 7. The number of hydrogen-bond donors (Lipinski definition) is 1. The third kappa shape index (κ3) is 4.73. The van der Waals surface area contributed by atoms with Crippen LogP contribution in [-0.2, 0) is 21.2 Å². The maximum Gasteiger partial charge on any atom is 0.243 e. The van der Waals surface area contributed by atoms with Crippen LogP contribution < -0.4 is 10.1 Å². The van der Waals surface area contributed by atoms with Gasteiger partial charge < -0.3 is 10.1 Å². The van der Waals surface area contributed by atoms with Crippen LogP contribution in [0.2, 0.25) is 0 Å². The molecule has 0 atom stereocenters. The van der Waals surface area contributed by atoms with Crippen LogP contribution in [0.4, 0.5) is 5.69 Å². The molecule has 0 aliphatic carbocycles. The molecule has 1 aliphatic rings. The number of nitrogens with one attached hydrogen (secondary N) is 1. The SMILES string of the molecule is COc1ccc(S(=O)(=O)N2CCCC2)cc1CCC(=O)Nc1ccc2ccccc2c1. The second kappa shape index (κ2) is 9.08. The van der Waals surface area contributed by atoms with Crippen molar-refractivity contribution in [2.45, 2.75) is 30.6 Å². The van der Waals surface area contributed by atoms with E-state index in [-0.39, 0.29) is 17.2 Å². The molecule has 1 heterocycles. The molecule has 1 amide bonds. The van der Waals surface area contributed by atoms with Gasteiger partial charge in [-0.2, -0.15) is 4.31 Å². The molecule has 1 saturated heterocycles. The normalized spacial score (nSPS) is 14.6. The topological polar surface area (TPSA) is 75.7 Å². The first-order valence-electron chi connectivity index (χ1n) is 10.4. The molecule has 0 radical (unpaired) electrons. The molecule has 162 valence electrons. The molecule has 31 heavy (non-hydrogen) atoms. The van der Waals surface area contributed by atoms with E-state index in [1.54, 1.807) is 25.3 Å². The maximum atomic E-state index is 12.9. The van der Waals surface area contributed by atoms with E-state index < -0.39 is 10.0 Å². The number of fused-ring (bicyclic) bond motifs is 1. The number of carbonyl (C=O) groups is 1. The van der Waals surface area contributed by atoms with Crippen LogP contribution >= 0.6 is 0 Å². The van der Waals surface area contributed by atoms with E-state index in [9.17, 15) is 13.2 Å². The van der Waals surface area contributed by atoms with Crippen LogP contribution in [0.5, 0.6) is 5.75 Å². The lowest BCUT2D eigenvalue weighted by Crippen LogP contribution is -2.28. The van der Waals surface area contributed by atoms with Crippen LogP contribution in [0, 0.1) is 0 Å². The Labute approximate surface area is 182 Å². The molecule has 0 spiro atoms. The molecule has 0 saturated carbocycles. The predicted octanol–water partition coefficient (Wildman–Crippen LogP) is 4.20. The van der Waals surface area contributed by atoms with Crippen LogP contribution in [0.15, 0.2) is 65.6 Å². The highest BCUT2D eigenvalue weighted by molar-refractivity contribution is 7.89. The van der Waals surface area contributed by atoms with Crippen molar-refractivity contribution in [3.63, 3.8) is 0 Å². The zero-order valence-electron chi connectivity index (χ0n) is 17.5. The predicted molar refractivity (Wildman–Crippen MR) is 122 cm³/mol. The Balaban J connectivity index is 1.47. The molecule has 0 bridgehead atoms. The smallest absolute Gasteiger partial charge is 0.243 e. The lowest BCUT2D eigenvalue weighted by atomic mass is 10.1. The summed E-state index contributed by atoms with van der Waals surface area (Å²) in [6, 6.07) is 18.6. The van der Waals surface area contributed by atoms with Gasteiger partial charge >= 0.3 is 0 Å². The summed E-state index contributed by atoms with van der Waals surface area (Å²) in [5.74, 6) is 0.448. The molecule has 3 aromatic carbocycles. The molecule has 0 aromatic heterocycles. The average molecular weight is 439 g/mol. The van der Waals surface area contributed by atoms with Crippen LogP contribution in [-0.4, -0.2) is 38.8 Å². The van der Waals surface area contributed by atoms with Gasteiger partial charge in [-0.05, 0) is 65.9 Å². The molecule has 6 nitrogen and oxygen atoms in total. The third-order valence-electron chi connectivity index (χ3n) is 5.61. The Kier molecular flexibility index (Phi) is 6.25. The average Bonchev–Trinajstić information content (AvgIpc) is 3.33. The molecule has 4 rings (SSSR count). The van der Waals surface area contributed by atoms with Gasteiger partial charge in [-0.1, -0.05) is 30.3 Å². The number of amides is 1. The number of aryl methyl sites for hydroxylation is 1. The molecule has 1 fully saturated rings. The second-order valence-corrected chi connectivity index (χ2v) is 9.63. The summed E-state index contributed by atoms with van der Waals surface area (Å²) in [7, 11) is -1.97. The Morgan fingerprint density at radius 1 is 1.00 bits per heavy atom. The van der Waals surface area contributed by atoms with Crippen molar-refractivity contribution in [3.05, 3.63) is 66.2 Å². The molecule has 3 aromatic rings. The van der Waals surface area contributed by atoms with E-state index in [0.29, 0.717) is 30.8 Å². The van der Waals surface area contributed by atoms with E-state index in [0.717, 1.165) is 29.3 Å². The van der Waals surface area contributed by atoms with Crippen molar-refractivity contribution in [1.29, 1.82) is 0 Å². The van der Waals surface area contributed by atoms with Gasteiger partial charge in [0.25, 0.3) is 0 Å². The summed E-state index contributed by atoms with van der Waals surface area (Å²) in [6.07, 6.45) is 2.37. The summed E-state index contributed by atoms with van der Waals surface area (Å²) in [6.45, 7) is 1.11. The molecule has 7 heteroatoms. The number of carbonyl (C=O) groups excluding carboxylic acids is 1. The van der Waals surface area contributed by atoms with E-state index >= 15 is 0 Å². The highest BCUT2D eigenvalue weighted by Crippen LogP contribution is 2.27. The minimum Gasteiger partial charge on any atom is -0.496 e. The van der Waals surface area contributed by atoms with Crippen molar-refractivity contribution < 1.29 is 17.9 Å². The van der Waals surface area contributed by atoms with E-state index in [4.69, 9.17) is 4.74 Å². The summed E-state index contributed by atoms with van der Waals surface area (Å²) in [5.41, 5.74) is 1.44. The Morgan fingerprint density at radius 2 is 1.74 bits per heavy atom. The van der Waals surface area contributed by atoms with Gasteiger partial charge in [0.1, 0.15) is 5.75 Å². The molecule has 0 unspecified atom stereocenters. The first-order valence-corrected chi connectivity index (χ1v) is 11.9. The van der Waals surface area contributed by atoms with Crippen molar-refractivity contribution in [2.75, 3.05) is 25.5 Å². The van der Waals surface area contributed by atoms with Crippen LogP contribution in [0.25, 0.3) is 10.8 Å². The number of ether oxygens (including phenoxy) is 1. The fourth-order valence-corrected chi connectivity index (χ4v) is 5.50. The molecule has 1 N–H and O–H groups in total. The van der Waals surface area contributed by atoms with Gasteiger partial charge in [0, 0.05) is 25.2 Å². The fourth-order valence-electron chi connectivity index (χ4n) is 3.93. The van der Waals surface area contributed by atoms with Gasteiger partial charge in [-0.3, -0.25) is 4.79 Å². The van der Waals surface area contributed by atoms with Gasteiger partial charge in [0.05, 0.1) is 12.0 Å². The second-order valence-electron chi connectivity index (χ2n) is 7.69. The van der Waals surface area contributed by atoms with Crippen LogP contribution in [0.1, 0.15) is 24.8 Å². The summed E-state index contributed by atoms with van der Waals surface area (Å²) < 4.78 is 32.7. The lowest BCUT2D eigenvalue weighted by Gasteiger charge is -2.17.